The summed E-state index contributed by atoms with van der Waals surface area (Å²) in [5, 5.41) is 12.1. The summed E-state index contributed by atoms with van der Waals surface area (Å²) in [5.74, 6) is 0.149. The van der Waals surface area contributed by atoms with Gasteiger partial charge in [0.15, 0.2) is 5.82 Å². The molecule has 0 bridgehead atoms. The van der Waals surface area contributed by atoms with Crippen LogP contribution in [0, 0.1) is 17.2 Å². The normalized spacial score (nSPS) is 24.2. The van der Waals surface area contributed by atoms with Gasteiger partial charge in [0.25, 0.3) is 0 Å². The fourth-order valence-electron chi connectivity index (χ4n) is 3.10. The predicted molar refractivity (Wildman–Crippen MR) is 77.7 cm³/mol. The molecule has 1 fully saturated rings. The van der Waals surface area contributed by atoms with E-state index in [1.807, 2.05) is 13.0 Å². The average Bonchev–Trinajstić information content (AvgIpc) is 2.92. The van der Waals surface area contributed by atoms with Crippen molar-refractivity contribution in [2.75, 3.05) is 11.9 Å². The number of anilines is 1. The molecule has 0 spiro atoms. The van der Waals surface area contributed by atoms with Crippen LogP contribution in [0.2, 0.25) is 0 Å². The van der Waals surface area contributed by atoms with Gasteiger partial charge in [-0.3, -0.25) is 4.79 Å². The lowest BCUT2D eigenvalue weighted by atomic mass is 9.95. The number of nitriles is 1. The van der Waals surface area contributed by atoms with Gasteiger partial charge < -0.3 is 10.1 Å². The number of fused-ring (bicyclic) bond motifs is 1. The minimum atomic E-state index is -0.158. The Morgan fingerprint density at radius 1 is 1.48 bits per heavy atom. The van der Waals surface area contributed by atoms with Crippen LogP contribution in [-0.2, 0) is 22.4 Å². The van der Waals surface area contributed by atoms with E-state index in [0.29, 0.717) is 18.0 Å². The molecule has 5 heteroatoms. The first-order valence-electron chi connectivity index (χ1n) is 7.54. The van der Waals surface area contributed by atoms with Gasteiger partial charge in [-0.25, -0.2) is 4.98 Å². The van der Waals surface area contributed by atoms with Gasteiger partial charge in [0.1, 0.15) is 6.07 Å². The van der Waals surface area contributed by atoms with Crippen molar-refractivity contribution < 1.29 is 9.53 Å². The van der Waals surface area contributed by atoms with Gasteiger partial charge in [-0.15, -0.1) is 0 Å². The quantitative estimate of drug-likeness (QED) is 0.903. The molecule has 2 atom stereocenters. The fourth-order valence-corrected chi connectivity index (χ4v) is 3.10. The van der Waals surface area contributed by atoms with E-state index in [-0.39, 0.29) is 17.9 Å². The molecule has 0 saturated carbocycles. The summed E-state index contributed by atoms with van der Waals surface area (Å²) >= 11 is 0. The first-order valence-corrected chi connectivity index (χ1v) is 7.54. The second-order valence-corrected chi connectivity index (χ2v) is 5.77. The van der Waals surface area contributed by atoms with E-state index >= 15 is 0 Å². The number of amides is 1. The number of carbonyl (C=O) groups is 1. The summed E-state index contributed by atoms with van der Waals surface area (Å²) in [6.07, 6.45) is 4.80. The highest BCUT2D eigenvalue weighted by Crippen LogP contribution is 2.26. The Morgan fingerprint density at radius 2 is 2.29 bits per heavy atom. The monoisotopic (exact) mass is 285 g/mol. The molecular weight excluding hydrogens is 266 g/mol. The van der Waals surface area contributed by atoms with Gasteiger partial charge in [-0.2, -0.15) is 5.26 Å². The van der Waals surface area contributed by atoms with Crippen LogP contribution < -0.4 is 5.32 Å². The third-order valence-electron chi connectivity index (χ3n) is 4.38. The Labute approximate surface area is 124 Å². The van der Waals surface area contributed by atoms with E-state index in [0.717, 1.165) is 43.4 Å². The third-order valence-corrected chi connectivity index (χ3v) is 4.38. The van der Waals surface area contributed by atoms with Crippen molar-refractivity contribution in [2.24, 2.45) is 5.92 Å². The topological polar surface area (TPSA) is 75.0 Å². The van der Waals surface area contributed by atoms with E-state index in [2.05, 4.69) is 16.4 Å². The summed E-state index contributed by atoms with van der Waals surface area (Å²) in [7, 11) is 0. The van der Waals surface area contributed by atoms with E-state index < -0.39 is 0 Å². The number of nitrogens with one attached hydrogen (secondary N) is 1. The number of aryl methyl sites for hydroxylation is 2. The lowest BCUT2D eigenvalue weighted by molar-refractivity contribution is -0.121. The van der Waals surface area contributed by atoms with Crippen molar-refractivity contribution in [2.45, 2.75) is 45.1 Å². The molecule has 0 aromatic carbocycles. The first kappa shape index (κ1) is 14.0. The minimum Gasteiger partial charge on any atom is -0.378 e. The molecule has 1 amide bonds. The van der Waals surface area contributed by atoms with Gasteiger partial charge >= 0.3 is 0 Å². The highest BCUT2D eigenvalue weighted by molar-refractivity contribution is 5.93. The smallest absolute Gasteiger partial charge is 0.231 e. The summed E-state index contributed by atoms with van der Waals surface area (Å²) in [4.78, 5) is 16.8. The molecule has 1 aromatic heterocycles. The molecule has 0 radical (unpaired) electrons. The van der Waals surface area contributed by atoms with Crippen molar-refractivity contribution >= 4 is 11.7 Å². The number of aromatic nitrogens is 1. The molecule has 5 nitrogen and oxygen atoms in total. The maximum atomic E-state index is 12.3. The Kier molecular flexibility index (Phi) is 3.89. The van der Waals surface area contributed by atoms with Crippen molar-refractivity contribution in [1.82, 2.24) is 4.98 Å². The zero-order chi connectivity index (χ0) is 14.8. The van der Waals surface area contributed by atoms with Crippen molar-refractivity contribution in [3.8, 4) is 6.07 Å². The van der Waals surface area contributed by atoms with Gasteiger partial charge in [-0.05, 0) is 50.7 Å². The van der Waals surface area contributed by atoms with E-state index in [9.17, 15) is 10.1 Å². The van der Waals surface area contributed by atoms with Crippen LogP contribution in [0.15, 0.2) is 6.07 Å². The van der Waals surface area contributed by atoms with Crippen LogP contribution in [0.1, 0.15) is 43.0 Å². The second-order valence-electron chi connectivity index (χ2n) is 5.77. The SMILES string of the molecule is C[C@@H]1OCC[C@H]1C(=O)Nc1nc2c(cc1C#N)CCCC2. The largest absolute Gasteiger partial charge is 0.378 e. The van der Waals surface area contributed by atoms with Crippen LogP contribution in [-0.4, -0.2) is 23.6 Å². The number of hydrogen-bond acceptors (Lipinski definition) is 4. The number of carbonyl (C=O) groups excluding carboxylic acids is 1. The van der Waals surface area contributed by atoms with E-state index in [4.69, 9.17) is 4.74 Å². The molecule has 1 aliphatic heterocycles. The number of pyridine rings is 1. The molecule has 0 unspecified atom stereocenters. The second kappa shape index (κ2) is 5.82. The highest BCUT2D eigenvalue weighted by Gasteiger charge is 2.31. The molecule has 110 valence electrons. The maximum Gasteiger partial charge on any atom is 0.231 e. The number of nitrogens with zero attached hydrogens (tertiary/aromatic N) is 2. The zero-order valence-electron chi connectivity index (χ0n) is 12.2. The molecule has 2 aliphatic rings. The number of ether oxygens (including phenoxy) is 1. The van der Waals surface area contributed by atoms with Gasteiger partial charge in [0.2, 0.25) is 5.91 Å². The predicted octanol–water partition coefficient (Wildman–Crippen LogP) is 2.20. The summed E-state index contributed by atoms with van der Waals surface area (Å²) in [6.45, 7) is 2.52. The summed E-state index contributed by atoms with van der Waals surface area (Å²) < 4.78 is 5.43. The lowest BCUT2D eigenvalue weighted by Gasteiger charge is -2.18. The van der Waals surface area contributed by atoms with Crippen molar-refractivity contribution in [1.29, 1.82) is 5.26 Å². The van der Waals surface area contributed by atoms with Gasteiger partial charge in [-0.1, -0.05) is 0 Å². The van der Waals surface area contributed by atoms with Crippen LogP contribution in [0.25, 0.3) is 0 Å². The molecule has 3 rings (SSSR count). The molecule has 1 N–H and O–H groups in total. The van der Waals surface area contributed by atoms with Crippen LogP contribution >= 0.6 is 0 Å². The van der Waals surface area contributed by atoms with E-state index in [1.54, 1.807) is 0 Å². The van der Waals surface area contributed by atoms with E-state index in [1.165, 1.54) is 0 Å². The fraction of sp³-hybridized carbons (Fsp3) is 0.562. The maximum absolute atomic E-state index is 12.3. The molecule has 21 heavy (non-hydrogen) atoms. The van der Waals surface area contributed by atoms with Crippen LogP contribution in [0.5, 0.6) is 0 Å². The highest BCUT2D eigenvalue weighted by atomic mass is 16.5. The Bertz CT molecular complexity index is 606. The average molecular weight is 285 g/mol. The Morgan fingerprint density at radius 3 is 3.00 bits per heavy atom. The Hall–Kier alpha value is -1.93. The summed E-state index contributed by atoms with van der Waals surface area (Å²) in [5.41, 5.74) is 2.62. The van der Waals surface area contributed by atoms with Gasteiger partial charge in [0.05, 0.1) is 17.6 Å². The third kappa shape index (κ3) is 2.77. The van der Waals surface area contributed by atoms with Crippen molar-refractivity contribution in [3.63, 3.8) is 0 Å². The van der Waals surface area contributed by atoms with Crippen LogP contribution in [0.4, 0.5) is 5.82 Å². The van der Waals surface area contributed by atoms with Gasteiger partial charge in [0, 0.05) is 12.3 Å². The Balaban J connectivity index is 1.84. The minimum absolute atomic E-state index is 0.0758. The lowest BCUT2D eigenvalue weighted by Crippen LogP contribution is -2.28. The molecule has 1 aliphatic carbocycles. The van der Waals surface area contributed by atoms with Crippen LogP contribution in [0.3, 0.4) is 0 Å². The summed E-state index contributed by atoms with van der Waals surface area (Å²) in [6, 6.07) is 4.03. The zero-order valence-corrected chi connectivity index (χ0v) is 12.2. The number of rotatable bonds is 2. The van der Waals surface area contributed by atoms with Crippen molar-refractivity contribution in [3.05, 3.63) is 22.9 Å². The standard InChI is InChI=1S/C16H19N3O2/c1-10-13(6-7-21-10)16(20)19-15-12(9-17)8-11-4-2-3-5-14(11)18-15/h8,10,13H,2-7H2,1H3,(H,18,19,20)/t10-,13+/m0/s1. The number of hydrogen-bond donors (Lipinski definition) is 1. The molecule has 1 saturated heterocycles. The molecular formula is C16H19N3O2. The molecule has 2 heterocycles. The first-order chi connectivity index (χ1) is 10.2. The molecule has 1 aromatic rings.